The first-order valence-corrected chi connectivity index (χ1v) is 12.0. The lowest BCUT2D eigenvalue weighted by atomic mass is 9.77. The largest absolute Gasteiger partial charge is 0.205 e. The number of rotatable bonds is 5. The van der Waals surface area contributed by atoms with E-state index in [4.69, 9.17) is 0 Å². The molecule has 0 N–H and O–H groups in total. The van der Waals surface area contributed by atoms with Gasteiger partial charge < -0.3 is 0 Å². The molecule has 0 bridgehead atoms. The van der Waals surface area contributed by atoms with E-state index in [1.807, 2.05) is 30.3 Å². The van der Waals surface area contributed by atoms with Crippen LogP contribution in [0.2, 0.25) is 0 Å². The predicted octanol–water partition coefficient (Wildman–Crippen LogP) is 8.41. The maximum Gasteiger partial charge on any atom is 0.146 e. The van der Waals surface area contributed by atoms with Crippen molar-refractivity contribution in [2.75, 3.05) is 0 Å². The first kappa shape index (κ1) is 21.6. The minimum atomic E-state index is -0.204. The van der Waals surface area contributed by atoms with Crippen LogP contribution in [0.4, 0.5) is 4.39 Å². The van der Waals surface area contributed by atoms with Gasteiger partial charge in [0.05, 0.1) is 5.56 Å². The third kappa shape index (κ3) is 5.19. The van der Waals surface area contributed by atoms with Crippen LogP contribution < -0.4 is 0 Å². The molecule has 0 aliphatic heterocycles. The zero-order chi connectivity index (χ0) is 21.6. The van der Waals surface area contributed by atoms with Gasteiger partial charge in [-0.25, -0.2) is 4.39 Å². The highest BCUT2D eigenvalue weighted by Crippen LogP contribution is 2.38. The molecular weight excluding hydrogens is 379 g/mol. The highest BCUT2D eigenvalue weighted by molar-refractivity contribution is 5.85. The molecule has 3 aromatic rings. The third-order valence-electron chi connectivity index (χ3n) is 6.97. The van der Waals surface area contributed by atoms with Gasteiger partial charge in [-0.2, -0.15) is 0 Å². The maximum atomic E-state index is 15.1. The third-order valence-corrected chi connectivity index (χ3v) is 6.97. The number of hydrogen-bond donors (Lipinski definition) is 0. The average Bonchev–Trinajstić information content (AvgIpc) is 2.83. The van der Waals surface area contributed by atoms with Crippen molar-refractivity contribution in [1.29, 1.82) is 0 Å². The fraction of sp³-hybridized carbons (Fsp3) is 0.400. The van der Waals surface area contributed by atoms with Crippen LogP contribution in [0.5, 0.6) is 0 Å². The molecule has 1 saturated carbocycles. The van der Waals surface area contributed by atoms with Gasteiger partial charge in [0.25, 0.3) is 0 Å². The van der Waals surface area contributed by atoms with Crippen LogP contribution in [-0.4, -0.2) is 0 Å². The minimum absolute atomic E-state index is 0.204. The summed E-state index contributed by atoms with van der Waals surface area (Å²) in [5.41, 5.74) is 4.04. The second kappa shape index (κ2) is 10.1. The molecule has 3 aromatic carbocycles. The Hall–Kier alpha value is -2.59. The Morgan fingerprint density at radius 3 is 2.35 bits per heavy atom. The zero-order valence-corrected chi connectivity index (χ0v) is 18.9. The molecule has 0 radical (unpaired) electrons. The topological polar surface area (TPSA) is 0 Å². The summed E-state index contributed by atoms with van der Waals surface area (Å²) in [5.74, 6) is 7.47. The fourth-order valence-electron chi connectivity index (χ4n) is 4.90. The van der Waals surface area contributed by atoms with E-state index in [-0.39, 0.29) is 5.82 Å². The fourth-order valence-corrected chi connectivity index (χ4v) is 4.90. The number of fused-ring (bicyclic) bond motifs is 1. The van der Waals surface area contributed by atoms with Crippen LogP contribution in [-0.2, 0) is 6.42 Å². The molecule has 1 aliphatic carbocycles. The van der Waals surface area contributed by atoms with Crippen LogP contribution in [0.25, 0.3) is 10.8 Å². The number of hydrogen-bond acceptors (Lipinski definition) is 0. The zero-order valence-electron chi connectivity index (χ0n) is 18.9. The summed E-state index contributed by atoms with van der Waals surface area (Å²) >= 11 is 0. The van der Waals surface area contributed by atoms with Gasteiger partial charge in [-0.1, -0.05) is 81.3 Å². The lowest BCUT2D eigenvalue weighted by molar-refractivity contribution is 0.304. The molecule has 1 fully saturated rings. The normalized spacial score (nSPS) is 18.5. The summed E-state index contributed by atoms with van der Waals surface area (Å²) in [5, 5.41) is 1.66. The number of halogens is 1. The molecular formula is C30H33F. The van der Waals surface area contributed by atoms with E-state index in [2.05, 4.69) is 50.0 Å². The Morgan fingerprint density at radius 2 is 1.65 bits per heavy atom. The Balaban J connectivity index is 1.50. The van der Waals surface area contributed by atoms with Crippen molar-refractivity contribution in [2.45, 2.75) is 71.1 Å². The molecule has 0 aromatic heterocycles. The summed E-state index contributed by atoms with van der Waals surface area (Å²) in [7, 11) is 0. The van der Waals surface area contributed by atoms with Crippen molar-refractivity contribution in [3.8, 4) is 11.8 Å². The van der Waals surface area contributed by atoms with E-state index >= 15 is 4.39 Å². The van der Waals surface area contributed by atoms with E-state index in [0.717, 1.165) is 23.3 Å². The lowest BCUT2D eigenvalue weighted by Gasteiger charge is -2.29. The number of unbranched alkanes of at least 4 members (excludes halogenated alkanes) is 1. The lowest BCUT2D eigenvalue weighted by Crippen LogP contribution is -2.13. The van der Waals surface area contributed by atoms with Crippen molar-refractivity contribution in [2.24, 2.45) is 5.92 Å². The molecule has 1 aliphatic rings. The SMILES string of the molecule is CCCCC1CCC(c2ccc3c(F)c(C#Cc4ccc(CC)cc4)ccc3c2)CC1. The Morgan fingerprint density at radius 1 is 0.871 bits per heavy atom. The summed E-state index contributed by atoms with van der Waals surface area (Å²) < 4.78 is 15.1. The number of benzene rings is 3. The standard InChI is InChI=1S/C30H33F/c1-3-5-6-23-11-14-25(15-12-23)27-19-20-29-28(21-27)18-17-26(30(29)31)16-13-24-9-7-22(4-2)8-10-24/h7-10,17-21,23,25H,3-6,11-12,14-15H2,1-2H3. The van der Waals surface area contributed by atoms with Gasteiger partial charge in [0.15, 0.2) is 0 Å². The summed E-state index contributed by atoms with van der Waals surface area (Å²) in [4.78, 5) is 0. The summed E-state index contributed by atoms with van der Waals surface area (Å²) in [6, 6.07) is 18.3. The van der Waals surface area contributed by atoms with Crippen molar-refractivity contribution in [1.82, 2.24) is 0 Å². The summed E-state index contributed by atoms with van der Waals surface area (Å²) in [6.07, 6.45) is 10.3. The van der Waals surface area contributed by atoms with Crippen molar-refractivity contribution in [3.63, 3.8) is 0 Å². The molecule has 0 heterocycles. The highest BCUT2D eigenvalue weighted by atomic mass is 19.1. The van der Waals surface area contributed by atoms with E-state index in [9.17, 15) is 0 Å². The second-order valence-corrected chi connectivity index (χ2v) is 9.07. The smallest absolute Gasteiger partial charge is 0.146 e. The molecule has 0 amide bonds. The van der Waals surface area contributed by atoms with Crippen molar-refractivity contribution in [3.05, 3.63) is 82.7 Å². The number of aryl methyl sites for hydroxylation is 1. The summed E-state index contributed by atoms with van der Waals surface area (Å²) in [6.45, 7) is 4.41. The van der Waals surface area contributed by atoms with Gasteiger partial charge in [-0.3, -0.25) is 0 Å². The molecule has 0 atom stereocenters. The minimum Gasteiger partial charge on any atom is -0.205 e. The molecule has 0 nitrogen and oxygen atoms in total. The van der Waals surface area contributed by atoms with Crippen molar-refractivity contribution < 1.29 is 4.39 Å². The monoisotopic (exact) mass is 412 g/mol. The molecule has 1 heteroatoms. The van der Waals surface area contributed by atoms with E-state index in [1.54, 1.807) is 0 Å². The predicted molar refractivity (Wildman–Crippen MR) is 130 cm³/mol. The van der Waals surface area contributed by atoms with Crippen LogP contribution in [0, 0.1) is 23.6 Å². The molecule has 0 saturated heterocycles. The van der Waals surface area contributed by atoms with Crippen LogP contribution in [0.1, 0.15) is 87.0 Å². The van der Waals surface area contributed by atoms with Gasteiger partial charge in [0, 0.05) is 10.9 Å². The van der Waals surface area contributed by atoms with Crippen LogP contribution >= 0.6 is 0 Å². The van der Waals surface area contributed by atoms with Crippen LogP contribution in [0.3, 0.4) is 0 Å². The highest BCUT2D eigenvalue weighted by Gasteiger charge is 2.22. The molecule has 4 rings (SSSR count). The quantitative estimate of drug-likeness (QED) is 0.369. The van der Waals surface area contributed by atoms with Gasteiger partial charge in [0.2, 0.25) is 0 Å². The Labute approximate surface area is 186 Å². The Kier molecular flexibility index (Phi) is 7.08. The molecule has 160 valence electrons. The van der Waals surface area contributed by atoms with Gasteiger partial charge >= 0.3 is 0 Å². The molecule has 0 spiro atoms. The molecule has 31 heavy (non-hydrogen) atoms. The van der Waals surface area contributed by atoms with E-state index < -0.39 is 0 Å². The van der Waals surface area contributed by atoms with Gasteiger partial charge in [-0.15, -0.1) is 0 Å². The van der Waals surface area contributed by atoms with E-state index in [0.29, 0.717) is 16.9 Å². The maximum absolute atomic E-state index is 15.1. The Bertz CT molecular complexity index is 1070. The van der Waals surface area contributed by atoms with E-state index in [1.165, 1.54) is 56.1 Å². The second-order valence-electron chi connectivity index (χ2n) is 9.07. The first-order valence-electron chi connectivity index (χ1n) is 12.0. The van der Waals surface area contributed by atoms with Gasteiger partial charge in [-0.05, 0) is 78.7 Å². The van der Waals surface area contributed by atoms with Crippen LogP contribution in [0.15, 0.2) is 54.6 Å². The van der Waals surface area contributed by atoms with Crippen molar-refractivity contribution >= 4 is 10.8 Å². The average molecular weight is 413 g/mol. The van der Waals surface area contributed by atoms with Gasteiger partial charge in [0.1, 0.15) is 5.82 Å². The molecule has 0 unspecified atom stereocenters. The first-order chi connectivity index (χ1) is 15.2.